The Balaban J connectivity index is 2.57. The molecule has 3 N–H and O–H groups in total. The molecule has 0 saturated carbocycles. The van der Waals surface area contributed by atoms with Crippen LogP contribution >= 0.6 is 0 Å². The van der Waals surface area contributed by atoms with Gasteiger partial charge in [0.25, 0.3) is 5.69 Å². The van der Waals surface area contributed by atoms with Gasteiger partial charge in [0, 0.05) is 41.6 Å². The number of pyridine rings is 1. The first-order valence-corrected chi connectivity index (χ1v) is 6.94. The fourth-order valence-electron chi connectivity index (χ4n) is 2.31. The third-order valence-electron chi connectivity index (χ3n) is 3.61. The van der Waals surface area contributed by atoms with Crippen molar-refractivity contribution in [3.63, 3.8) is 0 Å². The van der Waals surface area contributed by atoms with Gasteiger partial charge in [0.15, 0.2) is 0 Å². The molecule has 1 unspecified atom stereocenters. The van der Waals surface area contributed by atoms with E-state index in [0.717, 1.165) is 16.8 Å². The Morgan fingerprint density at radius 2 is 2.10 bits per heavy atom. The lowest BCUT2D eigenvalue weighted by Gasteiger charge is -2.22. The molecule has 0 saturated heterocycles. The molecule has 0 radical (unpaired) electrons. The summed E-state index contributed by atoms with van der Waals surface area (Å²) in [5.74, 6) is 0.364. The number of aromatic nitrogens is 1. The lowest BCUT2D eigenvalue weighted by Crippen LogP contribution is -2.33. The maximum Gasteiger partial charge on any atom is 0.278 e. The largest absolute Gasteiger partial charge is 0.380 e. The monoisotopic (exact) mass is 288 g/mol. The molecule has 1 aromatic carbocycles. The smallest absolute Gasteiger partial charge is 0.278 e. The summed E-state index contributed by atoms with van der Waals surface area (Å²) >= 11 is 0. The van der Waals surface area contributed by atoms with Crippen LogP contribution in [0.3, 0.4) is 0 Å². The SMILES string of the molecule is Cc1cc2c(NC(CN)C(C)C)ccc([N+](=O)[O-])c2cn1. The Labute approximate surface area is 123 Å². The number of nitro groups is 1. The Kier molecular flexibility index (Phi) is 4.37. The van der Waals surface area contributed by atoms with Crippen LogP contribution in [0.2, 0.25) is 0 Å². The number of nitro benzene ring substituents is 1. The van der Waals surface area contributed by atoms with Gasteiger partial charge in [0.05, 0.1) is 10.3 Å². The quantitative estimate of drug-likeness (QED) is 0.651. The Morgan fingerprint density at radius 3 is 2.67 bits per heavy atom. The molecule has 1 atom stereocenters. The molecule has 1 aromatic heterocycles. The normalized spacial score (nSPS) is 12.6. The zero-order chi connectivity index (χ0) is 15.6. The van der Waals surface area contributed by atoms with Crippen LogP contribution in [0.4, 0.5) is 11.4 Å². The minimum absolute atomic E-state index is 0.0666. The van der Waals surface area contributed by atoms with E-state index in [1.54, 1.807) is 12.3 Å². The summed E-state index contributed by atoms with van der Waals surface area (Å²) in [6.45, 7) is 6.54. The molecular weight excluding hydrogens is 268 g/mol. The van der Waals surface area contributed by atoms with Gasteiger partial charge in [-0.05, 0) is 25.0 Å². The van der Waals surface area contributed by atoms with Gasteiger partial charge in [0.1, 0.15) is 0 Å². The number of nitrogens with one attached hydrogen (secondary N) is 1. The van der Waals surface area contributed by atoms with Crippen LogP contribution < -0.4 is 11.1 Å². The highest BCUT2D eigenvalue weighted by Crippen LogP contribution is 2.32. The topological polar surface area (TPSA) is 94.1 Å². The summed E-state index contributed by atoms with van der Waals surface area (Å²) in [6, 6.07) is 5.22. The van der Waals surface area contributed by atoms with E-state index < -0.39 is 0 Å². The van der Waals surface area contributed by atoms with Crippen molar-refractivity contribution in [2.45, 2.75) is 26.8 Å². The molecule has 6 nitrogen and oxygen atoms in total. The van der Waals surface area contributed by atoms with Crippen LogP contribution in [0.1, 0.15) is 19.5 Å². The number of rotatable bonds is 5. The Hall–Kier alpha value is -2.21. The molecular formula is C15H20N4O2. The summed E-state index contributed by atoms with van der Waals surface area (Å²) in [5, 5.41) is 15.9. The van der Waals surface area contributed by atoms with E-state index in [0.29, 0.717) is 17.8 Å². The van der Waals surface area contributed by atoms with Crippen molar-refractivity contribution in [3.05, 3.63) is 40.2 Å². The molecule has 112 valence electrons. The molecule has 2 rings (SSSR count). The Morgan fingerprint density at radius 1 is 1.38 bits per heavy atom. The number of hydrogen-bond acceptors (Lipinski definition) is 5. The molecule has 21 heavy (non-hydrogen) atoms. The lowest BCUT2D eigenvalue weighted by molar-refractivity contribution is -0.383. The van der Waals surface area contributed by atoms with Crippen LogP contribution in [-0.2, 0) is 0 Å². The van der Waals surface area contributed by atoms with E-state index >= 15 is 0 Å². The number of fused-ring (bicyclic) bond motifs is 1. The molecule has 0 aliphatic heterocycles. The molecule has 0 amide bonds. The van der Waals surface area contributed by atoms with Crippen LogP contribution in [0.5, 0.6) is 0 Å². The van der Waals surface area contributed by atoms with E-state index in [4.69, 9.17) is 5.73 Å². The van der Waals surface area contributed by atoms with Crippen molar-refractivity contribution in [3.8, 4) is 0 Å². The summed E-state index contributed by atoms with van der Waals surface area (Å²) in [6.07, 6.45) is 1.56. The maximum absolute atomic E-state index is 11.1. The van der Waals surface area contributed by atoms with Gasteiger partial charge in [0.2, 0.25) is 0 Å². The zero-order valence-corrected chi connectivity index (χ0v) is 12.5. The first-order valence-electron chi connectivity index (χ1n) is 6.94. The predicted molar refractivity (Wildman–Crippen MR) is 84.4 cm³/mol. The van der Waals surface area contributed by atoms with Crippen molar-refractivity contribution in [2.75, 3.05) is 11.9 Å². The molecule has 0 fully saturated rings. The molecule has 0 spiro atoms. The van der Waals surface area contributed by atoms with Crippen molar-refractivity contribution in [1.82, 2.24) is 4.98 Å². The third-order valence-corrected chi connectivity index (χ3v) is 3.61. The first-order chi connectivity index (χ1) is 9.93. The highest BCUT2D eigenvalue weighted by Gasteiger charge is 2.17. The van der Waals surface area contributed by atoms with Crippen molar-refractivity contribution >= 4 is 22.1 Å². The first kappa shape index (κ1) is 15.2. The number of aryl methyl sites for hydroxylation is 1. The molecule has 0 aliphatic carbocycles. The van der Waals surface area contributed by atoms with E-state index in [2.05, 4.69) is 24.1 Å². The highest BCUT2D eigenvalue weighted by molar-refractivity contribution is 5.99. The minimum Gasteiger partial charge on any atom is -0.380 e. The zero-order valence-electron chi connectivity index (χ0n) is 12.5. The number of anilines is 1. The Bertz CT molecular complexity index is 670. The van der Waals surface area contributed by atoms with Gasteiger partial charge in [-0.25, -0.2) is 0 Å². The van der Waals surface area contributed by atoms with Crippen LogP contribution in [0.15, 0.2) is 24.4 Å². The van der Waals surface area contributed by atoms with Crippen molar-refractivity contribution in [2.24, 2.45) is 11.7 Å². The fourth-order valence-corrected chi connectivity index (χ4v) is 2.31. The summed E-state index contributed by atoms with van der Waals surface area (Å²) < 4.78 is 0. The lowest BCUT2D eigenvalue weighted by atomic mass is 10.0. The standard InChI is InChI=1S/C15H20N4O2/c1-9(2)14(7-16)18-13-4-5-15(19(20)21)12-8-17-10(3)6-11(12)13/h4-6,8-9,14,18H,7,16H2,1-3H3. The van der Waals surface area contributed by atoms with Crippen molar-refractivity contribution in [1.29, 1.82) is 0 Å². The van der Waals surface area contributed by atoms with E-state index in [1.807, 2.05) is 13.0 Å². The van der Waals surface area contributed by atoms with E-state index in [1.165, 1.54) is 6.07 Å². The number of nitrogens with two attached hydrogens (primary N) is 1. The second-order valence-electron chi connectivity index (χ2n) is 5.49. The van der Waals surface area contributed by atoms with Gasteiger partial charge < -0.3 is 11.1 Å². The van der Waals surface area contributed by atoms with Crippen LogP contribution in [0.25, 0.3) is 10.8 Å². The predicted octanol–water partition coefficient (Wildman–Crippen LogP) is 2.85. The van der Waals surface area contributed by atoms with Crippen molar-refractivity contribution < 1.29 is 4.92 Å². The minimum atomic E-state index is -0.383. The van der Waals surface area contributed by atoms with Gasteiger partial charge in [-0.1, -0.05) is 13.8 Å². The third kappa shape index (κ3) is 3.11. The maximum atomic E-state index is 11.1. The molecule has 0 bridgehead atoms. The average molecular weight is 288 g/mol. The second-order valence-corrected chi connectivity index (χ2v) is 5.49. The highest BCUT2D eigenvalue weighted by atomic mass is 16.6. The molecule has 6 heteroatoms. The summed E-state index contributed by atoms with van der Waals surface area (Å²) in [5.41, 5.74) is 7.53. The van der Waals surface area contributed by atoms with Gasteiger partial charge in [-0.3, -0.25) is 15.1 Å². The molecule has 2 aromatic rings. The van der Waals surface area contributed by atoms with Gasteiger partial charge in [-0.2, -0.15) is 0 Å². The number of nitrogens with zero attached hydrogens (tertiary/aromatic N) is 2. The van der Waals surface area contributed by atoms with Crippen LogP contribution in [-0.4, -0.2) is 22.5 Å². The van der Waals surface area contributed by atoms with Gasteiger partial charge >= 0.3 is 0 Å². The number of non-ortho nitro benzene ring substituents is 1. The summed E-state index contributed by atoms with van der Waals surface area (Å²) in [4.78, 5) is 14.9. The van der Waals surface area contributed by atoms with E-state index in [-0.39, 0.29) is 16.7 Å². The second kappa shape index (κ2) is 6.05. The van der Waals surface area contributed by atoms with Gasteiger partial charge in [-0.15, -0.1) is 0 Å². The molecule has 1 heterocycles. The van der Waals surface area contributed by atoms with E-state index in [9.17, 15) is 10.1 Å². The number of hydrogen-bond donors (Lipinski definition) is 2. The van der Waals surface area contributed by atoms with Crippen LogP contribution in [0, 0.1) is 23.0 Å². The molecule has 0 aliphatic rings. The summed E-state index contributed by atoms with van der Waals surface area (Å²) in [7, 11) is 0. The average Bonchev–Trinajstić information content (AvgIpc) is 2.43. The fraction of sp³-hybridized carbons (Fsp3) is 0.400. The number of benzene rings is 1.